The fourth-order valence-corrected chi connectivity index (χ4v) is 3.22. The molecular weight excluding hydrogens is 354 g/mol. The molecule has 0 fully saturated rings. The molecule has 3 rings (SSSR count). The van der Waals surface area contributed by atoms with Crippen molar-refractivity contribution in [2.24, 2.45) is 0 Å². The first kappa shape index (κ1) is 17.4. The Morgan fingerprint density at radius 1 is 1.08 bits per heavy atom. The van der Waals surface area contributed by atoms with E-state index in [1.165, 1.54) is 12.1 Å². The molecular formula is C18H13N3O4S. The largest absolute Gasteiger partial charge is 0.375 e. The summed E-state index contributed by atoms with van der Waals surface area (Å²) in [5.74, 6) is -0.400. The molecule has 0 atom stereocenters. The zero-order chi connectivity index (χ0) is 18.7. The molecule has 1 aromatic heterocycles. The Balaban J connectivity index is 2.18. The van der Waals surface area contributed by atoms with Gasteiger partial charge in [0.05, 0.1) is 0 Å². The van der Waals surface area contributed by atoms with Crippen LogP contribution < -0.4 is 9.74 Å². The van der Waals surface area contributed by atoms with Crippen LogP contribution in [0.25, 0.3) is 11.3 Å². The van der Waals surface area contributed by atoms with Crippen LogP contribution in [0.1, 0.15) is 11.1 Å². The fraction of sp³-hybridized carbons (Fsp3) is 0.0556. The maximum atomic E-state index is 12.6. The molecule has 7 nitrogen and oxygen atoms in total. The Morgan fingerprint density at radius 3 is 2.35 bits per heavy atom. The summed E-state index contributed by atoms with van der Waals surface area (Å²) in [6.07, 6.45) is 0. The van der Waals surface area contributed by atoms with E-state index in [-0.39, 0.29) is 10.6 Å². The average Bonchev–Trinajstić information content (AvgIpc) is 2.63. The van der Waals surface area contributed by atoms with Crippen LogP contribution in [-0.4, -0.2) is 18.6 Å². The third kappa shape index (κ3) is 3.34. The molecule has 0 saturated heterocycles. The van der Waals surface area contributed by atoms with Crippen molar-refractivity contribution < 1.29 is 12.6 Å². The third-order valence-electron chi connectivity index (χ3n) is 3.60. The van der Waals surface area contributed by atoms with Crippen molar-refractivity contribution >= 4 is 10.1 Å². The monoisotopic (exact) mass is 367 g/mol. The van der Waals surface area contributed by atoms with Gasteiger partial charge in [0.15, 0.2) is 11.3 Å². The van der Waals surface area contributed by atoms with Gasteiger partial charge in [-0.2, -0.15) is 18.8 Å². The molecule has 0 bridgehead atoms. The van der Waals surface area contributed by atoms with E-state index in [1.807, 2.05) is 6.92 Å². The maximum Gasteiger partial charge on any atom is 0.339 e. The molecule has 0 aliphatic heterocycles. The van der Waals surface area contributed by atoms with E-state index in [2.05, 4.69) is 10.2 Å². The van der Waals surface area contributed by atoms with Gasteiger partial charge in [-0.05, 0) is 19.1 Å². The highest BCUT2D eigenvalue weighted by Gasteiger charge is 2.24. The number of aromatic amines is 1. The van der Waals surface area contributed by atoms with E-state index in [4.69, 9.17) is 4.18 Å². The van der Waals surface area contributed by atoms with Crippen molar-refractivity contribution in [2.45, 2.75) is 11.8 Å². The number of aryl methyl sites for hydroxylation is 1. The molecule has 26 heavy (non-hydrogen) atoms. The van der Waals surface area contributed by atoms with Gasteiger partial charge in [-0.1, -0.05) is 48.0 Å². The second-order valence-corrected chi connectivity index (χ2v) is 6.98. The Hall–Kier alpha value is -3.44. The van der Waals surface area contributed by atoms with Crippen LogP contribution in [0.5, 0.6) is 5.75 Å². The lowest BCUT2D eigenvalue weighted by molar-refractivity contribution is 0.483. The number of H-pyrrole nitrogens is 1. The van der Waals surface area contributed by atoms with Crippen molar-refractivity contribution in [3.63, 3.8) is 0 Å². The Bertz CT molecular complexity index is 1150. The fourth-order valence-electron chi connectivity index (χ4n) is 2.27. The van der Waals surface area contributed by atoms with Gasteiger partial charge in [-0.15, -0.1) is 0 Å². The molecule has 8 heteroatoms. The number of rotatable bonds is 4. The van der Waals surface area contributed by atoms with Gasteiger partial charge in [-0.3, -0.25) is 4.79 Å². The van der Waals surface area contributed by atoms with Gasteiger partial charge < -0.3 is 4.18 Å². The van der Waals surface area contributed by atoms with E-state index in [9.17, 15) is 18.5 Å². The van der Waals surface area contributed by atoms with Gasteiger partial charge in [0.2, 0.25) is 0 Å². The summed E-state index contributed by atoms with van der Waals surface area (Å²) >= 11 is 0. The van der Waals surface area contributed by atoms with Crippen LogP contribution in [0.2, 0.25) is 0 Å². The van der Waals surface area contributed by atoms with Crippen molar-refractivity contribution in [2.75, 3.05) is 0 Å². The molecule has 3 aromatic rings. The minimum Gasteiger partial charge on any atom is -0.375 e. The highest BCUT2D eigenvalue weighted by molar-refractivity contribution is 7.87. The van der Waals surface area contributed by atoms with Crippen LogP contribution in [0.3, 0.4) is 0 Å². The number of benzene rings is 2. The summed E-state index contributed by atoms with van der Waals surface area (Å²) in [7, 11) is -4.25. The van der Waals surface area contributed by atoms with E-state index < -0.39 is 27.0 Å². The summed E-state index contributed by atoms with van der Waals surface area (Å²) < 4.78 is 30.4. The molecule has 0 spiro atoms. The first-order chi connectivity index (χ1) is 12.4. The average molecular weight is 367 g/mol. The molecule has 0 aliphatic rings. The van der Waals surface area contributed by atoms with Gasteiger partial charge in [0, 0.05) is 5.56 Å². The van der Waals surface area contributed by atoms with Crippen LogP contribution in [0.4, 0.5) is 0 Å². The molecule has 0 aliphatic carbocycles. The molecule has 2 aromatic carbocycles. The minimum atomic E-state index is -4.25. The first-order valence-corrected chi connectivity index (χ1v) is 8.92. The van der Waals surface area contributed by atoms with E-state index in [0.717, 1.165) is 5.56 Å². The Labute approximate surface area is 149 Å². The topological polar surface area (TPSA) is 113 Å². The van der Waals surface area contributed by atoms with E-state index in [1.54, 1.807) is 48.5 Å². The van der Waals surface area contributed by atoms with Crippen molar-refractivity contribution in [3.8, 4) is 23.1 Å². The second kappa shape index (κ2) is 6.82. The number of nitrogens with zero attached hydrogens (tertiary/aromatic N) is 2. The summed E-state index contributed by atoms with van der Waals surface area (Å²) in [5, 5.41) is 15.4. The summed E-state index contributed by atoms with van der Waals surface area (Å²) in [4.78, 5) is 11.8. The number of nitriles is 1. The quantitative estimate of drug-likeness (QED) is 0.708. The lowest BCUT2D eigenvalue weighted by Crippen LogP contribution is -2.19. The number of nitrogens with one attached hydrogen (secondary N) is 1. The van der Waals surface area contributed by atoms with Crippen LogP contribution in [-0.2, 0) is 10.1 Å². The number of aromatic nitrogens is 2. The lowest BCUT2D eigenvalue weighted by atomic mass is 10.1. The molecule has 1 heterocycles. The third-order valence-corrected chi connectivity index (χ3v) is 4.84. The van der Waals surface area contributed by atoms with Gasteiger partial charge >= 0.3 is 10.1 Å². The zero-order valence-corrected chi connectivity index (χ0v) is 14.4. The summed E-state index contributed by atoms with van der Waals surface area (Å²) in [5.41, 5.74) is 0.132. The standard InChI is InChI=1S/C18H13N3O4S/c1-12-7-9-14(10-8-12)26(23,24)25-17-15(11-19)18(22)21-20-16(17)13-5-3-2-4-6-13/h2-10H,1H3,(H,21,22). The molecule has 0 unspecified atom stereocenters. The van der Waals surface area contributed by atoms with Crippen molar-refractivity contribution in [3.05, 3.63) is 76.1 Å². The highest BCUT2D eigenvalue weighted by atomic mass is 32.2. The number of hydrogen-bond donors (Lipinski definition) is 1. The van der Waals surface area contributed by atoms with Gasteiger partial charge in [-0.25, -0.2) is 5.10 Å². The predicted molar refractivity (Wildman–Crippen MR) is 94.0 cm³/mol. The second-order valence-electron chi connectivity index (χ2n) is 5.43. The highest BCUT2D eigenvalue weighted by Crippen LogP contribution is 2.31. The summed E-state index contributed by atoms with van der Waals surface area (Å²) in [6.45, 7) is 1.82. The van der Waals surface area contributed by atoms with Crippen LogP contribution in [0, 0.1) is 18.3 Å². The predicted octanol–water partition coefficient (Wildman–Crippen LogP) is 2.38. The molecule has 130 valence electrons. The van der Waals surface area contributed by atoms with E-state index >= 15 is 0 Å². The molecule has 1 N–H and O–H groups in total. The van der Waals surface area contributed by atoms with Crippen molar-refractivity contribution in [1.82, 2.24) is 10.2 Å². The Morgan fingerprint density at radius 2 is 1.73 bits per heavy atom. The van der Waals surface area contributed by atoms with Gasteiger partial charge in [0.25, 0.3) is 5.56 Å². The van der Waals surface area contributed by atoms with E-state index in [0.29, 0.717) is 5.56 Å². The van der Waals surface area contributed by atoms with Gasteiger partial charge in [0.1, 0.15) is 16.7 Å². The minimum absolute atomic E-state index is 0.0532. The van der Waals surface area contributed by atoms with Crippen LogP contribution in [0.15, 0.2) is 64.3 Å². The smallest absolute Gasteiger partial charge is 0.339 e. The SMILES string of the molecule is Cc1ccc(S(=O)(=O)Oc2c(-c3ccccc3)n[nH]c(=O)c2C#N)cc1. The zero-order valence-electron chi connectivity index (χ0n) is 13.6. The maximum absolute atomic E-state index is 12.6. The Kier molecular flexibility index (Phi) is 4.56. The normalized spacial score (nSPS) is 10.9. The van der Waals surface area contributed by atoms with Crippen molar-refractivity contribution in [1.29, 1.82) is 5.26 Å². The molecule has 0 saturated carbocycles. The molecule has 0 radical (unpaired) electrons. The summed E-state index contributed by atoms with van der Waals surface area (Å²) in [6, 6.07) is 16.2. The lowest BCUT2D eigenvalue weighted by Gasteiger charge is -2.11. The first-order valence-electron chi connectivity index (χ1n) is 7.52. The molecule has 0 amide bonds. The number of hydrogen-bond acceptors (Lipinski definition) is 6. The van der Waals surface area contributed by atoms with Crippen LogP contribution >= 0.6 is 0 Å².